The fourth-order valence-corrected chi connectivity index (χ4v) is 2.61. The molecule has 1 saturated heterocycles. The number of rotatable bonds is 4. The zero-order valence-corrected chi connectivity index (χ0v) is 14.2. The maximum absolute atomic E-state index is 12.3. The van der Waals surface area contributed by atoms with Crippen LogP contribution in [-0.4, -0.2) is 24.9 Å². The number of nitrogens with one attached hydrogen (secondary N) is 3. The van der Waals surface area contributed by atoms with Gasteiger partial charge < -0.3 is 20.4 Å². The average Bonchev–Trinajstić information content (AvgIpc) is 3.23. The van der Waals surface area contributed by atoms with Crippen molar-refractivity contribution in [2.24, 2.45) is 5.92 Å². The molecule has 2 heterocycles. The molecule has 1 aromatic heterocycles. The highest BCUT2D eigenvalue weighted by atomic mass is 35.5. The van der Waals surface area contributed by atoms with Crippen molar-refractivity contribution < 1.29 is 14.0 Å². The van der Waals surface area contributed by atoms with Crippen LogP contribution in [0.4, 0.5) is 11.4 Å². The monoisotopic (exact) mass is 369 g/mol. The Morgan fingerprint density at radius 1 is 1.21 bits per heavy atom. The molecule has 1 atom stereocenters. The van der Waals surface area contributed by atoms with E-state index in [4.69, 9.17) is 16.0 Å². The number of furan rings is 1. The summed E-state index contributed by atoms with van der Waals surface area (Å²) in [5.74, 6) is -0.373. The molecule has 1 unspecified atom stereocenters. The van der Waals surface area contributed by atoms with Crippen LogP contribution in [0, 0.1) is 5.92 Å². The van der Waals surface area contributed by atoms with E-state index in [-0.39, 0.29) is 30.0 Å². The fourth-order valence-electron chi connectivity index (χ4n) is 2.43. The highest BCUT2D eigenvalue weighted by Crippen LogP contribution is 2.27. The molecule has 0 spiro atoms. The van der Waals surface area contributed by atoms with Crippen LogP contribution in [0.3, 0.4) is 0 Å². The Morgan fingerprint density at radius 2 is 2.04 bits per heavy atom. The fraction of sp³-hybridized carbons (Fsp3) is 0.250. The minimum Gasteiger partial charge on any atom is -0.459 e. The number of hydrogen-bond donors (Lipinski definition) is 3. The van der Waals surface area contributed by atoms with Crippen LogP contribution in [0.5, 0.6) is 0 Å². The van der Waals surface area contributed by atoms with Gasteiger partial charge in [-0.25, -0.2) is 0 Å². The van der Waals surface area contributed by atoms with E-state index in [1.807, 2.05) is 0 Å². The Morgan fingerprint density at radius 3 is 2.71 bits per heavy atom. The van der Waals surface area contributed by atoms with Gasteiger partial charge >= 0.3 is 0 Å². The van der Waals surface area contributed by atoms with Crippen LogP contribution in [0.15, 0.2) is 41.0 Å². The molecule has 128 valence electrons. The van der Waals surface area contributed by atoms with Crippen LogP contribution in [0.25, 0.3) is 0 Å². The molecule has 1 aliphatic heterocycles. The van der Waals surface area contributed by atoms with E-state index in [0.717, 1.165) is 13.0 Å². The van der Waals surface area contributed by atoms with E-state index in [1.54, 1.807) is 30.3 Å². The van der Waals surface area contributed by atoms with E-state index in [2.05, 4.69) is 16.0 Å². The van der Waals surface area contributed by atoms with Gasteiger partial charge in [0.2, 0.25) is 5.91 Å². The van der Waals surface area contributed by atoms with Crippen molar-refractivity contribution in [1.82, 2.24) is 5.32 Å². The molecule has 3 N–H and O–H groups in total. The SMILES string of the molecule is Cl.O=C(Nc1cc(Cl)ccc1NC(=O)C1CCNC1)c1ccco1. The van der Waals surface area contributed by atoms with Crippen molar-refractivity contribution in [3.05, 3.63) is 47.4 Å². The van der Waals surface area contributed by atoms with Gasteiger partial charge in [-0.3, -0.25) is 9.59 Å². The molecule has 1 fully saturated rings. The molecule has 6 nitrogen and oxygen atoms in total. The molecule has 2 aromatic rings. The van der Waals surface area contributed by atoms with Crippen LogP contribution >= 0.6 is 24.0 Å². The Labute approximate surface area is 150 Å². The predicted octanol–water partition coefficient (Wildman–Crippen LogP) is 3.16. The second kappa shape index (κ2) is 8.19. The molecular weight excluding hydrogens is 353 g/mol. The molecular formula is C16H17Cl2N3O3. The Kier molecular flexibility index (Phi) is 6.25. The second-order valence-electron chi connectivity index (χ2n) is 5.30. The highest BCUT2D eigenvalue weighted by Gasteiger charge is 2.23. The summed E-state index contributed by atoms with van der Waals surface area (Å²) < 4.78 is 5.06. The van der Waals surface area contributed by atoms with Gasteiger partial charge in [0.1, 0.15) is 0 Å². The maximum atomic E-state index is 12.3. The lowest BCUT2D eigenvalue weighted by molar-refractivity contribution is -0.119. The molecule has 1 aliphatic rings. The number of carbonyl (C=O) groups excluding carboxylic acids is 2. The summed E-state index contributed by atoms with van der Waals surface area (Å²) in [5, 5.41) is 9.16. The van der Waals surface area contributed by atoms with Gasteiger partial charge in [0, 0.05) is 11.6 Å². The van der Waals surface area contributed by atoms with Crippen LogP contribution in [-0.2, 0) is 4.79 Å². The highest BCUT2D eigenvalue weighted by molar-refractivity contribution is 6.31. The molecule has 2 amide bonds. The van der Waals surface area contributed by atoms with E-state index in [9.17, 15) is 9.59 Å². The lowest BCUT2D eigenvalue weighted by Crippen LogP contribution is -2.25. The number of hydrogen-bond acceptors (Lipinski definition) is 4. The summed E-state index contributed by atoms with van der Waals surface area (Å²) >= 11 is 5.99. The van der Waals surface area contributed by atoms with E-state index < -0.39 is 5.91 Å². The number of halogens is 2. The smallest absolute Gasteiger partial charge is 0.291 e. The van der Waals surface area contributed by atoms with Gasteiger partial charge in [-0.15, -0.1) is 12.4 Å². The zero-order chi connectivity index (χ0) is 16.2. The zero-order valence-electron chi connectivity index (χ0n) is 12.7. The summed E-state index contributed by atoms with van der Waals surface area (Å²) in [6.07, 6.45) is 2.22. The maximum Gasteiger partial charge on any atom is 0.291 e. The first-order valence-corrected chi connectivity index (χ1v) is 7.67. The first-order valence-electron chi connectivity index (χ1n) is 7.29. The van der Waals surface area contributed by atoms with Crippen molar-refractivity contribution in [1.29, 1.82) is 0 Å². The predicted molar refractivity (Wildman–Crippen MR) is 95.0 cm³/mol. The Bertz CT molecular complexity index is 713. The largest absolute Gasteiger partial charge is 0.459 e. The molecule has 1 aromatic carbocycles. The standard InChI is InChI=1S/C16H16ClN3O3.ClH/c17-11-3-4-12(19-15(21)10-5-6-18-9-10)13(8-11)20-16(22)14-2-1-7-23-14;/h1-4,7-8,10,18H,5-6,9H2,(H,19,21)(H,20,22);1H. The Hall–Kier alpha value is -2.02. The molecule has 0 radical (unpaired) electrons. The van der Waals surface area contributed by atoms with Gasteiger partial charge in [0.05, 0.1) is 23.6 Å². The second-order valence-corrected chi connectivity index (χ2v) is 5.74. The molecule has 0 saturated carbocycles. The van der Waals surface area contributed by atoms with Gasteiger partial charge in [-0.1, -0.05) is 11.6 Å². The van der Waals surface area contributed by atoms with Crippen molar-refractivity contribution in [2.45, 2.75) is 6.42 Å². The van der Waals surface area contributed by atoms with Crippen LogP contribution in [0.2, 0.25) is 5.02 Å². The van der Waals surface area contributed by atoms with Crippen LogP contribution in [0.1, 0.15) is 17.0 Å². The Balaban J connectivity index is 0.00000208. The van der Waals surface area contributed by atoms with Gasteiger partial charge in [-0.05, 0) is 43.3 Å². The minimum atomic E-state index is -0.407. The summed E-state index contributed by atoms with van der Waals surface area (Å²) in [6, 6.07) is 8.10. The molecule has 0 aliphatic carbocycles. The minimum absolute atomic E-state index is 0. The average molecular weight is 370 g/mol. The number of anilines is 2. The van der Waals surface area contributed by atoms with Crippen molar-refractivity contribution in [2.75, 3.05) is 23.7 Å². The summed E-state index contributed by atoms with van der Waals surface area (Å²) in [7, 11) is 0. The third-order valence-electron chi connectivity index (χ3n) is 3.66. The summed E-state index contributed by atoms with van der Waals surface area (Å²) in [4.78, 5) is 24.4. The molecule has 0 bridgehead atoms. The topological polar surface area (TPSA) is 83.4 Å². The van der Waals surface area contributed by atoms with E-state index in [1.165, 1.54) is 6.26 Å². The normalized spacial score (nSPS) is 16.3. The van der Waals surface area contributed by atoms with Crippen molar-refractivity contribution in [3.8, 4) is 0 Å². The first kappa shape index (κ1) is 18.3. The van der Waals surface area contributed by atoms with E-state index >= 15 is 0 Å². The third kappa shape index (κ3) is 4.29. The summed E-state index contributed by atoms with van der Waals surface area (Å²) in [5.41, 5.74) is 0.935. The quantitative estimate of drug-likeness (QED) is 0.772. The third-order valence-corrected chi connectivity index (χ3v) is 3.90. The molecule has 3 rings (SSSR count). The number of carbonyl (C=O) groups is 2. The van der Waals surface area contributed by atoms with E-state index in [0.29, 0.717) is 22.9 Å². The number of benzene rings is 1. The molecule has 8 heteroatoms. The summed E-state index contributed by atoms with van der Waals surface area (Å²) in [6.45, 7) is 1.49. The van der Waals surface area contributed by atoms with Crippen molar-refractivity contribution in [3.63, 3.8) is 0 Å². The van der Waals surface area contributed by atoms with Gasteiger partial charge in [0.15, 0.2) is 5.76 Å². The number of amides is 2. The lowest BCUT2D eigenvalue weighted by atomic mass is 10.1. The van der Waals surface area contributed by atoms with Crippen LogP contribution < -0.4 is 16.0 Å². The lowest BCUT2D eigenvalue weighted by Gasteiger charge is -2.14. The van der Waals surface area contributed by atoms with Gasteiger partial charge in [0.25, 0.3) is 5.91 Å². The van der Waals surface area contributed by atoms with Crippen molar-refractivity contribution >= 4 is 47.2 Å². The van der Waals surface area contributed by atoms with Gasteiger partial charge in [-0.2, -0.15) is 0 Å². The first-order chi connectivity index (χ1) is 11.1. The molecule has 24 heavy (non-hydrogen) atoms.